The van der Waals surface area contributed by atoms with Crippen molar-refractivity contribution in [1.82, 2.24) is 4.98 Å². The highest BCUT2D eigenvalue weighted by molar-refractivity contribution is 7.09. The monoisotopic (exact) mass is 406 g/mol. The second-order valence-corrected chi connectivity index (χ2v) is 7.37. The molecule has 0 saturated heterocycles. The van der Waals surface area contributed by atoms with Gasteiger partial charge >= 0.3 is 5.63 Å². The average molecular weight is 406 g/mol. The number of rotatable bonds is 5. The summed E-state index contributed by atoms with van der Waals surface area (Å²) in [7, 11) is 0. The molecule has 29 heavy (non-hydrogen) atoms. The Bertz CT molecular complexity index is 1260. The average Bonchev–Trinajstić information content (AvgIpc) is 3.15. The van der Waals surface area contributed by atoms with E-state index in [0.717, 1.165) is 16.3 Å². The molecule has 0 aliphatic carbocycles. The second kappa shape index (κ2) is 7.89. The largest absolute Gasteiger partial charge is 0.490 e. The molecule has 2 aromatic heterocycles. The summed E-state index contributed by atoms with van der Waals surface area (Å²) in [5, 5.41) is 6.29. The summed E-state index contributed by atoms with van der Waals surface area (Å²) in [5.74, 6) is -0.0693. The summed E-state index contributed by atoms with van der Waals surface area (Å²) in [6, 6.07) is 14.1. The fraction of sp³-hybridized carbons (Fsp3) is 0.136. The van der Waals surface area contributed by atoms with Gasteiger partial charge in [0.25, 0.3) is 5.91 Å². The number of hydrogen-bond donors (Lipinski definition) is 1. The highest BCUT2D eigenvalue weighted by Crippen LogP contribution is 2.29. The van der Waals surface area contributed by atoms with Crippen LogP contribution in [0.15, 0.2) is 63.1 Å². The standard InChI is InChI=1S/C22H18N2O4S/c1-3-27-19-10-6-7-14-11-16(22(26)28-20(14)19)21(25)24-17-9-5-4-8-15(17)18-12-29-13(2)23-18/h4-12H,3H2,1-2H3,(H,24,25). The van der Waals surface area contributed by atoms with Gasteiger partial charge in [0, 0.05) is 16.3 Å². The molecule has 0 bridgehead atoms. The minimum Gasteiger partial charge on any atom is -0.490 e. The van der Waals surface area contributed by atoms with Crippen molar-refractivity contribution in [3.63, 3.8) is 0 Å². The Balaban J connectivity index is 1.71. The molecular weight excluding hydrogens is 388 g/mol. The van der Waals surface area contributed by atoms with E-state index in [1.54, 1.807) is 24.3 Å². The Morgan fingerprint density at radius 3 is 2.79 bits per heavy atom. The van der Waals surface area contributed by atoms with Gasteiger partial charge in [-0.2, -0.15) is 0 Å². The van der Waals surface area contributed by atoms with E-state index < -0.39 is 11.5 Å². The van der Waals surface area contributed by atoms with Crippen molar-refractivity contribution < 1.29 is 13.9 Å². The molecule has 6 nitrogen and oxygen atoms in total. The summed E-state index contributed by atoms with van der Waals surface area (Å²) in [6.45, 7) is 4.21. The molecular formula is C22H18N2O4S. The van der Waals surface area contributed by atoms with Crippen molar-refractivity contribution in [1.29, 1.82) is 0 Å². The van der Waals surface area contributed by atoms with Gasteiger partial charge in [0.15, 0.2) is 11.3 Å². The summed E-state index contributed by atoms with van der Waals surface area (Å²) in [5.41, 5.74) is 1.67. The Morgan fingerprint density at radius 2 is 2.03 bits per heavy atom. The highest BCUT2D eigenvalue weighted by atomic mass is 32.1. The van der Waals surface area contributed by atoms with Gasteiger partial charge in [-0.15, -0.1) is 11.3 Å². The molecule has 0 unspecified atom stereocenters. The first-order valence-corrected chi connectivity index (χ1v) is 9.97. The van der Waals surface area contributed by atoms with Crippen LogP contribution in [-0.4, -0.2) is 17.5 Å². The summed E-state index contributed by atoms with van der Waals surface area (Å²) < 4.78 is 10.9. The van der Waals surface area contributed by atoms with Crippen LogP contribution in [0.5, 0.6) is 5.75 Å². The molecule has 0 fully saturated rings. The van der Waals surface area contributed by atoms with Crippen LogP contribution in [0.2, 0.25) is 0 Å². The maximum Gasteiger partial charge on any atom is 0.349 e. The van der Waals surface area contributed by atoms with Gasteiger partial charge in [-0.05, 0) is 32.0 Å². The number of nitrogens with one attached hydrogen (secondary N) is 1. The van der Waals surface area contributed by atoms with E-state index in [1.807, 2.05) is 37.4 Å². The number of amides is 1. The quantitative estimate of drug-likeness (QED) is 0.478. The zero-order valence-electron chi connectivity index (χ0n) is 15.9. The normalized spacial score (nSPS) is 10.8. The maximum atomic E-state index is 12.9. The lowest BCUT2D eigenvalue weighted by Gasteiger charge is -2.10. The van der Waals surface area contributed by atoms with E-state index in [4.69, 9.17) is 9.15 Å². The lowest BCUT2D eigenvalue weighted by molar-refractivity contribution is 0.102. The van der Waals surface area contributed by atoms with Crippen molar-refractivity contribution in [2.45, 2.75) is 13.8 Å². The first-order valence-electron chi connectivity index (χ1n) is 9.09. The number of anilines is 1. The fourth-order valence-corrected chi connectivity index (χ4v) is 3.65. The van der Waals surface area contributed by atoms with Gasteiger partial charge in [-0.3, -0.25) is 4.79 Å². The molecule has 0 atom stereocenters. The maximum absolute atomic E-state index is 12.9. The molecule has 0 radical (unpaired) electrons. The van der Waals surface area contributed by atoms with E-state index in [1.165, 1.54) is 17.4 Å². The van der Waals surface area contributed by atoms with Crippen LogP contribution in [0.4, 0.5) is 5.69 Å². The second-order valence-electron chi connectivity index (χ2n) is 6.31. The molecule has 4 aromatic rings. The van der Waals surface area contributed by atoms with E-state index in [2.05, 4.69) is 10.3 Å². The molecule has 146 valence electrons. The number of aryl methyl sites for hydroxylation is 1. The van der Waals surface area contributed by atoms with Gasteiger partial charge in [-0.25, -0.2) is 9.78 Å². The van der Waals surface area contributed by atoms with E-state index in [0.29, 0.717) is 29.0 Å². The number of nitrogens with zero attached hydrogens (tertiary/aromatic N) is 1. The van der Waals surface area contributed by atoms with Gasteiger partial charge in [-0.1, -0.05) is 30.3 Å². The molecule has 0 saturated carbocycles. The zero-order chi connectivity index (χ0) is 20.4. The third-order valence-corrected chi connectivity index (χ3v) is 5.11. The Hall–Kier alpha value is -3.45. The first kappa shape index (κ1) is 18.9. The summed E-state index contributed by atoms with van der Waals surface area (Å²) in [6.07, 6.45) is 0. The molecule has 7 heteroatoms. The van der Waals surface area contributed by atoms with Crippen LogP contribution in [-0.2, 0) is 0 Å². The lowest BCUT2D eigenvalue weighted by atomic mass is 10.1. The third-order valence-electron chi connectivity index (χ3n) is 4.34. The van der Waals surface area contributed by atoms with Gasteiger partial charge in [0.2, 0.25) is 0 Å². The topological polar surface area (TPSA) is 81.4 Å². The number of thiazole rings is 1. The minimum absolute atomic E-state index is 0.0737. The molecule has 2 heterocycles. The predicted octanol–water partition coefficient (Wildman–Crippen LogP) is 4.88. The molecule has 1 amide bonds. The molecule has 0 aliphatic rings. The van der Waals surface area contributed by atoms with Crippen molar-refractivity contribution >= 4 is 33.9 Å². The number of carbonyl (C=O) groups excluding carboxylic acids is 1. The molecule has 4 rings (SSSR count). The molecule has 1 N–H and O–H groups in total. The van der Waals surface area contributed by atoms with Crippen LogP contribution < -0.4 is 15.7 Å². The first-order chi connectivity index (χ1) is 14.1. The number of hydrogen-bond acceptors (Lipinski definition) is 6. The minimum atomic E-state index is -0.718. The molecule has 2 aromatic carbocycles. The van der Waals surface area contributed by atoms with Crippen molar-refractivity contribution in [3.8, 4) is 17.0 Å². The van der Waals surface area contributed by atoms with Crippen LogP contribution in [0, 0.1) is 6.92 Å². The fourth-order valence-electron chi connectivity index (χ4n) is 3.04. The third kappa shape index (κ3) is 3.77. The van der Waals surface area contributed by atoms with Gasteiger partial charge < -0.3 is 14.5 Å². The van der Waals surface area contributed by atoms with E-state index >= 15 is 0 Å². The zero-order valence-corrected chi connectivity index (χ0v) is 16.7. The molecule has 0 aliphatic heterocycles. The van der Waals surface area contributed by atoms with Crippen LogP contribution >= 0.6 is 11.3 Å². The van der Waals surface area contributed by atoms with E-state index in [-0.39, 0.29) is 5.56 Å². The summed E-state index contributed by atoms with van der Waals surface area (Å²) in [4.78, 5) is 29.8. The number of benzene rings is 2. The van der Waals surface area contributed by atoms with Crippen LogP contribution in [0.25, 0.3) is 22.2 Å². The Morgan fingerprint density at radius 1 is 1.21 bits per heavy atom. The lowest BCUT2D eigenvalue weighted by Crippen LogP contribution is -2.21. The smallest absolute Gasteiger partial charge is 0.349 e. The van der Waals surface area contributed by atoms with Crippen molar-refractivity contribution in [2.75, 3.05) is 11.9 Å². The van der Waals surface area contributed by atoms with Crippen LogP contribution in [0.3, 0.4) is 0 Å². The van der Waals surface area contributed by atoms with Gasteiger partial charge in [0.1, 0.15) is 5.56 Å². The predicted molar refractivity (Wildman–Crippen MR) is 114 cm³/mol. The van der Waals surface area contributed by atoms with E-state index in [9.17, 15) is 9.59 Å². The van der Waals surface area contributed by atoms with Gasteiger partial charge in [0.05, 0.1) is 23.0 Å². The number of fused-ring (bicyclic) bond motifs is 1. The highest BCUT2D eigenvalue weighted by Gasteiger charge is 2.18. The Labute approximate surface area is 170 Å². The molecule has 0 spiro atoms. The SMILES string of the molecule is CCOc1cccc2cc(C(=O)Nc3ccccc3-c3csc(C)n3)c(=O)oc12. The number of para-hydroxylation sites is 2. The van der Waals surface area contributed by atoms with Crippen LogP contribution in [0.1, 0.15) is 22.3 Å². The number of carbonyl (C=O) groups is 1. The number of aromatic nitrogens is 1. The van der Waals surface area contributed by atoms with Crippen molar-refractivity contribution in [3.05, 3.63) is 74.9 Å². The Kier molecular flexibility index (Phi) is 5.14. The summed E-state index contributed by atoms with van der Waals surface area (Å²) >= 11 is 1.53. The van der Waals surface area contributed by atoms with Crippen molar-refractivity contribution in [2.24, 2.45) is 0 Å². The number of ether oxygens (including phenoxy) is 1.